The van der Waals surface area contributed by atoms with Crippen molar-refractivity contribution in [1.29, 1.82) is 0 Å². The first-order valence-corrected chi connectivity index (χ1v) is 9.93. The van der Waals surface area contributed by atoms with Crippen LogP contribution in [0.5, 0.6) is 5.88 Å². The van der Waals surface area contributed by atoms with Crippen LogP contribution in [0.3, 0.4) is 0 Å². The van der Waals surface area contributed by atoms with Crippen LogP contribution in [0.15, 0.2) is 27.5 Å². The Kier molecular flexibility index (Phi) is 6.45. The summed E-state index contributed by atoms with van der Waals surface area (Å²) in [6.07, 6.45) is 0.643. The molecule has 3 heterocycles. The van der Waals surface area contributed by atoms with Gasteiger partial charge in [0.1, 0.15) is 11.6 Å². The van der Waals surface area contributed by atoms with E-state index in [1.54, 1.807) is 23.6 Å². The summed E-state index contributed by atoms with van der Waals surface area (Å²) in [6, 6.07) is 4.67. The number of amides is 3. The molecule has 1 aliphatic rings. The van der Waals surface area contributed by atoms with Crippen molar-refractivity contribution in [2.24, 2.45) is 5.92 Å². The van der Waals surface area contributed by atoms with Gasteiger partial charge in [-0.15, -0.1) is 11.3 Å². The van der Waals surface area contributed by atoms with Gasteiger partial charge in [0, 0.05) is 24.5 Å². The van der Waals surface area contributed by atoms with Gasteiger partial charge in [0.25, 0.3) is 0 Å². The zero-order valence-electron chi connectivity index (χ0n) is 14.2. The molecule has 2 aromatic heterocycles. The molecular weight excluding hydrogens is 438 g/mol. The van der Waals surface area contributed by atoms with E-state index in [9.17, 15) is 9.59 Å². The number of hydrogen-bond donors (Lipinski definition) is 3. The van der Waals surface area contributed by atoms with Crippen LogP contribution in [0.2, 0.25) is 0 Å². The van der Waals surface area contributed by atoms with Gasteiger partial charge in [-0.1, -0.05) is 6.07 Å². The third-order valence-electron chi connectivity index (χ3n) is 4.03. The smallest absolute Gasteiger partial charge is 0.407 e. The molecule has 1 fully saturated rings. The molecule has 9 nitrogen and oxygen atoms in total. The number of hydrogen-bond acceptors (Lipinski definition) is 6. The first kappa shape index (κ1) is 19.4. The number of nitrogens with one attached hydrogen (secondary N) is 2. The van der Waals surface area contributed by atoms with Crippen molar-refractivity contribution >= 4 is 51.0 Å². The van der Waals surface area contributed by atoms with Gasteiger partial charge in [-0.3, -0.25) is 10.6 Å². The number of urea groups is 1. The maximum Gasteiger partial charge on any atom is 0.407 e. The van der Waals surface area contributed by atoms with Crippen molar-refractivity contribution < 1.29 is 19.4 Å². The number of rotatable bonds is 5. The number of likely N-dealkylation sites (tertiary alicyclic amines) is 1. The molecule has 3 amide bonds. The highest BCUT2D eigenvalue weighted by atomic mass is 79.9. The van der Waals surface area contributed by atoms with E-state index in [1.807, 2.05) is 0 Å². The Morgan fingerprint density at radius 1 is 1.26 bits per heavy atom. The van der Waals surface area contributed by atoms with Gasteiger partial charge in [0.15, 0.2) is 3.92 Å². The molecule has 0 saturated carbocycles. The molecule has 27 heavy (non-hydrogen) atoms. The Hall–Kier alpha value is -2.40. The largest absolute Gasteiger partial charge is 0.477 e. The molecule has 0 spiro atoms. The molecule has 3 N–H and O–H groups in total. The van der Waals surface area contributed by atoms with Crippen LogP contribution < -0.4 is 15.4 Å². The van der Waals surface area contributed by atoms with Crippen LogP contribution in [0.4, 0.5) is 21.2 Å². The van der Waals surface area contributed by atoms with Crippen molar-refractivity contribution in [3.63, 3.8) is 0 Å². The minimum Gasteiger partial charge on any atom is -0.477 e. The second-order valence-electron chi connectivity index (χ2n) is 5.95. The SMILES string of the molecule is O=C(Nc1cccc(OCC2CCN(C(=O)O)CC2)n1)Nc1csc(Br)n1. The number of halogens is 1. The summed E-state index contributed by atoms with van der Waals surface area (Å²) in [6.45, 7) is 1.50. The lowest BCUT2D eigenvalue weighted by molar-refractivity contribution is 0.111. The van der Waals surface area contributed by atoms with E-state index >= 15 is 0 Å². The van der Waals surface area contributed by atoms with E-state index in [1.165, 1.54) is 16.2 Å². The Morgan fingerprint density at radius 3 is 2.67 bits per heavy atom. The van der Waals surface area contributed by atoms with E-state index in [2.05, 4.69) is 36.5 Å². The second kappa shape index (κ2) is 9.00. The van der Waals surface area contributed by atoms with Crippen molar-refractivity contribution in [1.82, 2.24) is 14.9 Å². The Balaban J connectivity index is 1.47. The molecule has 0 unspecified atom stereocenters. The van der Waals surface area contributed by atoms with Gasteiger partial charge in [-0.2, -0.15) is 4.98 Å². The predicted molar refractivity (Wildman–Crippen MR) is 105 cm³/mol. The summed E-state index contributed by atoms with van der Waals surface area (Å²) in [7, 11) is 0. The Bertz CT molecular complexity index is 810. The van der Waals surface area contributed by atoms with Gasteiger partial charge >= 0.3 is 12.1 Å². The molecule has 0 radical (unpaired) electrons. The van der Waals surface area contributed by atoms with Gasteiger partial charge in [0.2, 0.25) is 5.88 Å². The maximum absolute atomic E-state index is 12.0. The molecule has 0 bridgehead atoms. The molecule has 0 aromatic carbocycles. The van der Waals surface area contributed by atoms with E-state index in [0.29, 0.717) is 41.1 Å². The minimum atomic E-state index is -0.877. The number of thiazole rings is 1. The average Bonchev–Trinajstić information content (AvgIpc) is 3.05. The number of aromatic nitrogens is 2. The van der Waals surface area contributed by atoms with E-state index in [0.717, 1.165) is 12.8 Å². The summed E-state index contributed by atoms with van der Waals surface area (Å²) < 4.78 is 6.40. The van der Waals surface area contributed by atoms with E-state index in [-0.39, 0.29) is 5.92 Å². The van der Waals surface area contributed by atoms with Crippen molar-refractivity contribution in [3.05, 3.63) is 27.5 Å². The number of ether oxygens (including phenoxy) is 1. The number of piperidine rings is 1. The molecule has 144 valence electrons. The Labute approximate surface area is 167 Å². The van der Waals surface area contributed by atoms with Gasteiger partial charge < -0.3 is 14.7 Å². The lowest BCUT2D eigenvalue weighted by atomic mass is 9.98. The number of carbonyl (C=O) groups excluding carboxylic acids is 1. The van der Waals surface area contributed by atoms with Crippen molar-refractivity contribution in [2.45, 2.75) is 12.8 Å². The Morgan fingerprint density at radius 2 is 2.00 bits per heavy atom. The summed E-state index contributed by atoms with van der Waals surface area (Å²) in [5, 5.41) is 15.9. The average molecular weight is 456 g/mol. The zero-order valence-corrected chi connectivity index (χ0v) is 16.6. The second-order valence-corrected chi connectivity index (χ2v) is 8.08. The number of carbonyl (C=O) groups is 2. The molecule has 1 aliphatic heterocycles. The molecule has 0 atom stereocenters. The molecular formula is C16H18BrN5O4S. The van der Waals surface area contributed by atoms with Crippen LogP contribution in [0.1, 0.15) is 12.8 Å². The number of carboxylic acid groups (broad SMARTS) is 1. The topological polar surface area (TPSA) is 117 Å². The standard InChI is InChI=1S/C16H18BrN5O4S/c17-14-19-12(9-27-14)21-15(23)20-11-2-1-3-13(18-11)26-8-10-4-6-22(7-5-10)16(24)25/h1-3,9-10H,4-8H2,(H,24,25)(H2,18,20,21,23). The lowest BCUT2D eigenvalue weighted by Crippen LogP contribution is -2.38. The fraction of sp³-hybridized carbons (Fsp3) is 0.375. The number of pyridine rings is 1. The summed E-state index contributed by atoms with van der Waals surface area (Å²) in [5.41, 5.74) is 0. The monoisotopic (exact) mass is 455 g/mol. The van der Waals surface area contributed by atoms with Gasteiger partial charge in [-0.05, 0) is 40.8 Å². The fourth-order valence-electron chi connectivity index (χ4n) is 2.63. The molecule has 11 heteroatoms. The summed E-state index contributed by atoms with van der Waals surface area (Å²) in [4.78, 5) is 32.7. The van der Waals surface area contributed by atoms with Crippen LogP contribution in [0, 0.1) is 5.92 Å². The van der Waals surface area contributed by atoms with Crippen LogP contribution >= 0.6 is 27.3 Å². The number of anilines is 2. The van der Waals surface area contributed by atoms with Gasteiger partial charge in [-0.25, -0.2) is 14.6 Å². The normalized spacial score (nSPS) is 14.6. The summed E-state index contributed by atoms with van der Waals surface area (Å²) in [5.74, 6) is 1.50. The lowest BCUT2D eigenvalue weighted by Gasteiger charge is -2.29. The molecule has 3 rings (SSSR count). The van der Waals surface area contributed by atoms with Gasteiger partial charge in [0.05, 0.1) is 6.61 Å². The highest BCUT2D eigenvalue weighted by molar-refractivity contribution is 9.11. The maximum atomic E-state index is 12.0. The van der Waals surface area contributed by atoms with Crippen LogP contribution in [0.25, 0.3) is 0 Å². The van der Waals surface area contributed by atoms with E-state index in [4.69, 9.17) is 9.84 Å². The highest BCUT2D eigenvalue weighted by Crippen LogP contribution is 2.21. The predicted octanol–water partition coefficient (Wildman–Crippen LogP) is 3.71. The molecule has 2 aromatic rings. The van der Waals surface area contributed by atoms with Crippen molar-refractivity contribution in [2.75, 3.05) is 30.3 Å². The summed E-state index contributed by atoms with van der Waals surface area (Å²) >= 11 is 4.60. The minimum absolute atomic E-state index is 0.283. The third kappa shape index (κ3) is 5.79. The quantitative estimate of drug-likeness (QED) is 0.632. The fourth-order valence-corrected chi connectivity index (χ4v) is 3.58. The van der Waals surface area contributed by atoms with Crippen LogP contribution in [-0.2, 0) is 0 Å². The van der Waals surface area contributed by atoms with Crippen LogP contribution in [-0.4, -0.2) is 51.8 Å². The van der Waals surface area contributed by atoms with Crippen molar-refractivity contribution in [3.8, 4) is 5.88 Å². The third-order valence-corrected chi connectivity index (χ3v) is 5.40. The molecule has 1 saturated heterocycles. The highest BCUT2D eigenvalue weighted by Gasteiger charge is 2.22. The first-order chi connectivity index (χ1) is 13.0. The number of nitrogens with zero attached hydrogens (tertiary/aromatic N) is 3. The molecule has 0 aliphatic carbocycles. The first-order valence-electron chi connectivity index (χ1n) is 8.26. The zero-order chi connectivity index (χ0) is 19.2. The van der Waals surface area contributed by atoms with E-state index < -0.39 is 12.1 Å².